The van der Waals surface area contributed by atoms with Crippen LogP contribution in [0.4, 0.5) is 4.79 Å². The van der Waals surface area contributed by atoms with E-state index in [0.717, 1.165) is 29.3 Å². The summed E-state index contributed by atoms with van der Waals surface area (Å²) in [6, 6.07) is 3.51. The highest BCUT2D eigenvalue weighted by Crippen LogP contribution is 2.33. The van der Waals surface area contributed by atoms with Crippen molar-refractivity contribution in [3.8, 4) is 23.3 Å². The van der Waals surface area contributed by atoms with Gasteiger partial charge in [0.15, 0.2) is 11.5 Å². The molecular weight excluding hydrogens is 362 g/mol. The van der Waals surface area contributed by atoms with Crippen molar-refractivity contribution < 1.29 is 19.0 Å². The van der Waals surface area contributed by atoms with Crippen LogP contribution < -0.4 is 9.47 Å². The van der Waals surface area contributed by atoms with Crippen LogP contribution in [0.3, 0.4) is 0 Å². The van der Waals surface area contributed by atoms with Crippen LogP contribution in [0.1, 0.15) is 24.8 Å². The highest BCUT2D eigenvalue weighted by molar-refractivity contribution is 9.10. The smallest absolute Gasteiger partial charge is 0.410 e. The molecule has 1 saturated heterocycles. The molecule has 0 saturated carbocycles. The number of methoxy groups -OCH3 is 3. The van der Waals surface area contributed by atoms with Crippen molar-refractivity contribution in [2.24, 2.45) is 0 Å². The molecule has 6 heteroatoms. The van der Waals surface area contributed by atoms with E-state index >= 15 is 0 Å². The molecule has 1 aliphatic rings. The number of hydrogen-bond donors (Lipinski definition) is 0. The second-order valence-corrected chi connectivity index (χ2v) is 5.99. The van der Waals surface area contributed by atoms with Gasteiger partial charge in [0.2, 0.25) is 0 Å². The second kappa shape index (κ2) is 8.11. The molecule has 1 atom stereocenters. The van der Waals surface area contributed by atoms with E-state index in [-0.39, 0.29) is 12.1 Å². The average Bonchev–Trinajstić information content (AvgIpc) is 2.59. The van der Waals surface area contributed by atoms with Crippen LogP contribution in [0.5, 0.6) is 11.5 Å². The fraction of sp³-hybridized carbons (Fsp3) is 0.471. The number of carbonyl (C=O) groups excluding carboxylic acids is 1. The zero-order valence-electron chi connectivity index (χ0n) is 13.5. The summed E-state index contributed by atoms with van der Waals surface area (Å²) >= 11 is 3.49. The molecule has 5 nitrogen and oxygen atoms in total. The molecule has 23 heavy (non-hydrogen) atoms. The van der Waals surface area contributed by atoms with Gasteiger partial charge in [-0.1, -0.05) is 11.8 Å². The van der Waals surface area contributed by atoms with E-state index in [1.54, 1.807) is 19.1 Å². The molecule has 1 amide bonds. The maximum atomic E-state index is 11.8. The number of hydrogen-bond acceptors (Lipinski definition) is 4. The molecule has 0 bridgehead atoms. The van der Waals surface area contributed by atoms with Gasteiger partial charge in [-0.05, 0) is 41.3 Å². The molecule has 0 N–H and O–H groups in total. The van der Waals surface area contributed by atoms with Gasteiger partial charge in [0, 0.05) is 22.6 Å². The number of amides is 1. The topological polar surface area (TPSA) is 48.0 Å². The van der Waals surface area contributed by atoms with Crippen molar-refractivity contribution in [2.45, 2.75) is 25.3 Å². The fourth-order valence-corrected chi connectivity index (χ4v) is 2.95. The zero-order valence-corrected chi connectivity index (χ0v) is 15.1. The summed E-state index contributed by atoms with van der Waals surface area (Å²) in [6.07, 6.45) is 2.57. The van der Waals surface area contributed by atoms with Crippen LogP contribution in [-0.4, -0.2) is 44.9 Å². The van der Waals surface area contributed by atoms with E-state index in [4.69, 9.17) is 14.2 Å². The summed E-state index contributed by atoms with van der Waals surface area (Å²) < 4.78 is 16.2. The zero-order chi connectivity index (χ0) is 16.8. The summed E-state index contributed by atoms with van der Waals surface area (Å²) in [7, 11) is 4.57. The monoisotopic (exact) mass is 381 g/mol. The van der Waals surface area contributed by atoms with E-state index < -0.39 is 0 Å². The van der Waals surface area contributed by atoms with Gasteiger partial charge in [0.25, 0.3) is 0 Å². The molecule has 0 spiro atoms. The number of benzene rings is 1. The first-order chi connectivity index (χ1) is 11.1. The molecule has 2 rings (SSSR count). The highest BCUT2D eigenvalue weighted by Gasteiger charge is 2.25. The van der Waals surface area contributed by atoms with Crippen molar-refractivity contribution in [3.05, 3.63) is 22.2 Å². The van der Waals surface area contributed by atoms with Crippen LogP contribution in [0.15, 0.2) is 16.6 Å². The number of piperidine rings is 1. The number of nitrogens with zero attached hydrogens (tertiary/aromatic N) is 1. The number of halogens is 1. The van der Waals surface area contributed by atoms with Crippen molar-refractivity contribution in [3.63, 3.8) is 0 Å². The third-order valence-corrected chi connectivity index (χ3v) is 4.41. The molecule has 1 aliphatic heterocycles. The largest absolute Gasteiger partial charge is 0.493 e. The first-order valence-corrected chi connectivity index (χ1v) is 8.17. The van der Waals surface area contributed by atoms with Gasteiger partial charge in [-0.25, -0.2) is 4.79 Å². The first-order valence-electron chi connectivity index (χ1n) is 7.38. The van der Waals surface area contributed by atoms with Gasteiger partial charge in [-0.2, -0.15) is 0 Å². The third kappa shape index (κ3) is 4.11. The average molecular weight is 382 g/mol. The Morgan fingerprint density at radius 1 is 1.22 bits per heavy atom. The van der Waals surface area contributed by atoms with Gasteiger partial charge in [0.05, 0.1) is 27.4 Å². The van der Waals surface area contributed by atoms with Crippen molar-refractivity contribution in [2.75, 3.05) is 27.9 Å². The number of rotatable bonds is 2. The van der Waals surface area contributed by atoms with Crippen LogP contribution in [-0.2, 0) is 4.74 Å². The highest BCUT2D eigenvalue weighted by atomic mass is 79.9. The number of carbonyl (C=O) groups is 1. The standard InChI is InChI=1S/C17H20BrNO4/c1-21-15-10-12(14(18)11-16(15)22-2)7-8-13-6-4-5-9-19(13)17(20)23-3/h10-11,13H,4-6,9H2,1-3H3/t13-/m1/s1. The van der Waals surface area contributed by atoms with Crippen LogP contribution in [0.2, 0.25) is 0 Å². The van der Waals surface area contributed by atoms with Crippen molar-refractivity contribution in [1.82, 2.24) is 4.90 Å². The summed E-state index contributed by atoms with van der Waals surface area (Å²) in [5.41, 5.74) is 0.790. The lowest BCUT2D eigenvalue weighted by molar-refractivity contribution is 0.103. The van der Waals surface area contributed by atoms with Gasteiger partial charge in [0.1, 0.15) is 0 Å². The van der Waals surface area contributed by atoms with Gasteiger partial charge < -0.3 is 14.2 Å². The lowest BCUT2D eigenvalue weighted by Gasteiger charge is -2.31. The van der Waals surface area contributed by atoms with Crippen LogP contribution in [0, 0.1) is 11.8 Å². The predicted molar refractivity (Wildman–Crippen MR) is 90.9 cm³/mol. The lowest BCUT2D eigenvalue weighted by atomic mass is 10.0. The molecule has 124 valence electrons. The second-order valence-electron chi connectivity index (χ2n) is 5.13. The molecular formula is C17H20BrNO4. The maximum absolute atomic E-state index is 11.8. The SMILES string of the molecule is COC(=O)N1CCCC[C@@H]1C#Cc1cc(OC)c(OC)cc1Br. The molecule has 1 aromatic carbocycles. The van der Waals surface area contributed by atoms with E-state index in [2.05, 4.69) is 27.8 Å². The quantitative estimate of drug-likeness (QED) is 0.736. The Balaban J connectivity index is 2.27. The minimum Gasteiger partial charge on any atom is -0.493 e. The molecule has 0 aliphatic carbocycles. The molecule has 1 heterocycles. The van der Waals surface area contributed by atoms with Crippen molar-refractivity contribution in [1.29, 1.82) is 0 Å². The van der Waals surface area contributed by atoms with Crippen molar-refractivity contribution >= 4 is 22.0 Å². The van der Waals surface area contributed by atoms with Gasteiger partial charge in [-0.3, -0.25) is 4.90 Å². The Morgan fingerprint density at radius 2 is 1.91 bits per heavy atom. The molecule has 0 unspecified atom stereocenters. The summed E-state index contributed by atoms with van der Waals surface area (Å²) in [6.45, 7) is 0.680. The molecule has 0 radical (unpaired) electrons. The predicted octanol–water partition coefficient (Wildman–Crippen LogP) is 3.44. The minimum atomic E-state index is -0.324. The Bertz CT molecular complexity index is 635. The number of ether oxygens (including phenoxy) is 3. The summed E-state index contributed by atoms with van der Waals surface area (Å²) in [5, 5.41) is 0. The fourth-order valence-electron chi connectivity index (χ4n) is 2.53. The van der Waals surface area contributed by atoms with E-state index in [0.29, 0.717) is 18.0 Å². The summed E-state index contributed by atoms with van der Waals surface area (Å²) in [4.78, 5) is 13.5. The van der Waals surface area contributed by atoms with E-state index in [1.165, 1.54) is 7.11 Å². The summed E-state index contributed by atoms with van der Waals surface area (Å²) in [5.74, 6) is 7.57. The normalized spacial score (nSPS) is 17.0. The maximum Gasteiger partial charge on any atom is 0.410 e. The van der Waals surface area contributed by atoms with E-state index in [1.807, 2.05) is 12.1 Å². The van der Waals surface area contributed by atoms with Gasteiger partial charge in [-0.15, -0.1) is 0 Å². The molecule has 1 aromatic rings. The minimum absolute atomic E-state index is 0.129. The Hall–Kier alpha value is -1.87. The Kier molecular flexibility index (Phi) is 6.17. The van der Waals surface area contributed by atoms with E-state index in [9.17, 15) is 4.79 Å². The molecule has 1 fully saturated rings. The number of likely N-dealkylation sites (tertiary alicyclic amines) is 1. The lowest BCUT2D eigenvalue weighted by Crippen LogP contribution is -2.42. The van der Waals surface area contributed by atoms with Crippen LogP contribution in [0.25, 0.3) is 0 Å². The van der Waals surface area contributed by atoms with Gasteiger partial charge >= 0.3 is 6.09 Å². The third-order valence-electron chi connectivity index (χ3n) is 3.76. The Morgan fingerprint density at radius 3 is 2.57 bits per heavy atom. The molecule has 0 aromatic heterocycles. The first kappa shape index (κ1) is 17.5. The van der Waals surface area contributed by atoms with Crippen LogP contribution >= 0.6 is 15.9 Å². The Labute approximate surface area is 145 Å².